The second-order valence-corrected chi connectivity index (χ2v) is 8.20. The van der Waals surface area contributed by atoms with Crippen molar-refractivity contribution in [3.8, 4) is 0 Å². The molecule has 39 heavy (non-hydrogen) atoms. The predicted molar refractivity (Wildman–Crippen MR) is 123 cm³/mol. The van der Waals surface area contributed by atoms with Crippen molar-refractivity contribution in [3.63, 3.8) is 0 Å². The van der Waals surface area contributed by atoms with Gasteiger partial charge in [-0.1, -0.05) is 31.2 Å². The molecule has 2 amide bonds. The van der Waals surface area contributed by atoms with E-state index in [0.717, 1.165) is 5.56 Å². The number of alkyl halides is 6. The number of carbonyl (C=O) groups excluding carboxylic acids is 2. The van der Waals surface area contributed by atoms with E-state index < -0.39 is 47.2 Å². The maximum atomic E-state index is 13.9. The average Bonchev–Trinajstić information content (AvgIpc) is 3.28. The van der Waals surface area contributed by atoms with E-state index >= 15 is 0 Å². The highest BCUT2D eigenvalue weighted by molar-refractivity contribution is 5.93. The van der Waals surface area contributed by atoms with Crippen molar-refractivity contribution in [3.05, 3.63) is 82.4 Å². The average molecular weight is 562 g/mol. The van der Waals surface area contributed by atoms with Crippen LogP contribution < -0.4 is 11.1 Å². The zero-order valence-electron chi connectivity index (χ0n) is 20.0. The smallest absolute Gasteiger partial charge is 0.475 e. The zero-order chi connectivity index (χ0) is 29.5. The quantitative estimate of drug-likeness (QED) is 0.306. The van der Waals surface area contributed by atoms with Gasteiger partial charge >= 0.3 is 18.3 Å². The monoisotopic (exact) mass is 562 g/mol. The van der Waals surface area contributed by atoms with Crippen molar-refractivity contribution in [1.82, 2.24) is 10.2 Å². The molecule has 3 aromatic rings. The Kier molecular flexibility index (Phi) is 9.80. The van der Waals surface area contributed by atoms with Crippen molar-refractivity contribution >= 4 is 23.5 Å². The summed E-state index contributed by atoms with van der Waals surface area (Å²) in [5.41, 5.74) is 6.09. The van der Waals surface area contributed by atoms with E-state index in [1.54, 1.807) is 18.2 Å². The van der Waals surface area contributed by atoms with Crippen molar-refractivity contribution in [2.45, 2.75) is 38.0 Å². The number of nitrogens with one attached hydrogen (secondary N) is 2. The topological polar surface area (TPSA) is 138 Å². The van der Waals surface area contributed by atoms with Crippen LogP contribution in [0.25, 0.3) is 0 Å². The lowest BCUT2D eigenvalue weighted by atomic mass is 9.92. The number of rotatable bonds is 7. The molecule has 1 atom stereocenters. The fourth-order valence-corrected chi connectivity index (χ4v) is 3.31. The van der Waals surface area contributed by atoms with E-state index in [9.17, 15) is 40.3 Å². The highest BCUT2D eigenvalue weighted by atomic mass is 19.4. The second kappa shape index (κ2) is 12.4. The van der Waals surface area contributed by atoms with Gasteiger partial charge in [0.15, 0.2) is 0 Å². The lowest BCUT2D eigenvalue weighted by Crippen LogP contribution is -2.21. The van der Waals surface area contributed by atoms with Crippen LogP contribution in [0.15, 0.2) is 48.7 Å². The third kappa shape index (κ3) is 9.12. The Morgan fingerprint density at radius 2 is 1.72 bits per heavy atom. The summed E-state index contributed by atoms with van der Waals surface area (Å²) >= 11 is 0. The molecule has 8 nitrogen and oxygen atoms in total. The minimum Gasteiger partial charge on any atom is -0.475 e. The molecule has 2 aromatic carbocycles. The van der Waals surface area contributed by atoms with E-state index in [2.05, 4.69) is 15.5 Å². The van der Waals surface area contributed by atoms with Gasteiger partial charge in [-0.3, -0.25) is 14.7 Å². The van der Waals surface area contributed by atoms with Gasteiger partial charge in [0.2, 0.25) is 5.91 Å². The van der Waals surface area contributed by atoms with Gasteiger partial charge in [0.25, 0.3) is 5.91 Å². The summed E-state index contributed by atoms with van der Waals surface area (Å²) in [5, 5.41) is 15.7. The summed E-state index contributed by atoms with van der Waals surface area (Å²) in [7, 11) is 0. The van der Waals surface area contributed by atoms with Gasteiger partial charge in [-0.05, 0) is 41.7 Å². The molecule has 210 valence electrons. The first-order chi connectivity index (χ1) is 18.0. The molecule has 5 N–H and O–H groups in total. The summed E-state index contributed by atoms with van der Waals surface area (Å²) in [6.07, 6.45) is -7.90. The number of aromatic nitrogens is 2. The molecule has 1 heterocycles. The van der Waals surface area contributed by atoms with Gasteiger partial charge in [-0.15, -0.1) is 0 Å². The van der Waals surface area contributed by atoms with Gasteiger partial charge in [-0.25, -0.2) is 9.18 Å². The highest BCUT2D eigenvalue weighted by Crippen LogP contribution is 2.32. The number of anilines is 1. The first-order valence-electron chi connectivity index (χ1n) is 10.9. The Morgan fingerprint density at radius 1 is 1.08 bits per heavy atom. The van der Waals surface area contributed by atoms with E-state index in [-0.39, 0.29) is 18.0 Å². The van der Waals surface area contributed by atoms with Crippen molar-refractivity contribution < 1.29 is 50.2 Å². The Bertz CT molecular complexity index is 1340. The Labute approximate surface area is 216 Å². The molecule has 3 rings (SSSR count). The number of nitrogens with zero attached hydrogens (tertiary/aromatic N) is 1. The highest BCUT2D eigenvalue weighted by Gasteiger charge is 2.38. The molecule has 1 aromatic heterocycles. The lowest BCUT2D eigenvalue weighted by molar-refractivity contribution is -0.192. The second-order valence-electron chi connectivity index (χ2n) is 8.20. The molecule has 0 radical (unpaired) electrons. The summed E-state index contributed by atoms with van der Waals surface area (Å²) < 4.78 is 84.1. The van der Waals surface area contributed by atoms with Gasteiger partial charge < -0.3 is 16.2 Å². The molecule has 15 heteroatoms. The van der Waals surface area contributed by atoms with E-state index in [0.29, 0.717) is 35.7 Å². The standard InChI is InChI=1S/C22H20F4N4O2.C2HF3O2/c1-12(7-15-11-28-30-20(15)21(27)32)14-4-2-3-13(8-14)9-19(31)29-18-10-16(22(24,25)26)5-6-17(18)23;3-2(4,5)1(6)7/h2-6,8,10-12H,7,9H2,1H3,(H2,27,32)(H,28,30)(H,29,31);(H,6,7). The maximum absolute atomic E-state index is 13.9. The minimum atomic E-state index is -5.08. The number of primary amides is 1. The number of halogens is 7. The number of carboxylic acid groups (broad SMARTS) is 1. The van der Waals surface area contributed by atoms with Crippen LogP contribution in [0.2, 0.25) is 0 Å². The predicted octanol–water partition coefficient (Wildman–Crippen LogP) is 4.83. The molecule has 0 bridgehead atoms. The first-order valence-corrected chi connectivity index (χ1v) is 10.9. The summed E-state index contributed by atoms with van der Waals surface area (Å²) in [4.78, 5) is 32.7. The molecule has 0 aliphatic rings. The summed E-state index contributed by atoms with van der Waals surface area (Å²) in [5.74, 6) is -5.03. The molecule has 0 aliphatic carbocycles. The molecule has 0 saturated heterocycles. The van der Waals surface area contributed by atoms with Crippen LogP contribution in [0.3, 0.4) is 0 Å². The van der Waals surface area contributed by atoms with Crippen LogP contribution >= 0.6 is 0 Å². The summed E-state index contributed by atoms with van der Waals surface area (Å²) in [6, 6.07) is 8.89. The number of hydrogen-bond acceptors (Lipinski definition) is 4. The number of aliphatic carboxylic acids is 1. The normalized spacial score (nSPS) is 12.2. The van der Waals surface area contributed by atoms with Gasteiger partial charge in [0.1, 0.15) is 11.5 Å². The Hall–Kier alpha value is -4.43. The Morgan fingerprint density at radius 3 is 2.28 bits per heavy atom. The Balaban J connectivity index is 0.000000673. The van der Waals surface area contributed by atoms with Crippen molar-refractivity contribution in [2.75, 3.05) is 5.32 Å². The van der Waals surface area contributed by atoms with Crippen LogP contribution in [-0.4, -0.2) is 39.3 Å². The maximum Gasteiger partial charge on any atom is 0.490 e. The number of carboxylic acids is 1. The summed E-state index contributed by atoms with van der Waals surface area (Å²) in [6.45, 7) is 1.93. The number of carbonyl (C=O) groups is 3. The first kappa shape index (κ1) is 30.8. The largest absolute Gasteiger partial charge is 0.490 e. The fraction of sp³-hybridized carbons (Fsp3) is 0.250. The van der Waals surface area contributed by atoms with Crippen molar-refractivity contribution in [1.29, 1.82) is 0 Å². The SMILES string of the molecule is CC(Cc1cn[nH]c1C(N)=O)c1cccc(CC(=O)Nc2cc(C(F)(F)F)ccc2F)c1.O=C(O)C(F)(F)F. The van der Waals surface area contributed by atoms with Gasteiger partial charge in [0, 0.05) is 5.56 Å². The van der Waals surface area contributed by atoms with Crippen LogP contribution in [0, 0.1) is 5.82 Å². The van der Waals surface area contributed by atoms with Crippen LogP contribution in [0.1, 0.15) is 45.6 Å². The molecule has 1 unspecified atom stereocenters. The third-order valence-electron chi connectivity index (χ3n) is 5.19. The molecular formula is C24H21F7N4O4. The molecule has 0 fully saturated rings. The number of hydrogen-bond donors (Lipinski definition) is 4. The molecule has 0 spiro atoms. The van der Waals surface area contributed by atoms with E-state index in [1.165, 1.54) is 6.20 Å². The number of amides is 2. The third-order valence-corrected chi connectivity index (χ3v) is 5.19. The van der Waals surface area contributed by atoms with Gasteiger partial charge in [-0.2, -0.15) is 31.4 Å². The van der Waals surface area contributed by atoms with Crippen LogP contribution in [0.4, 0.5) is 36.4 Å². The van der Waals surface area contributed by atoms with Crippen molar-refractivity contribution in [2.24, 2.45) is 5.73 Å². The van der Waals surface area contributed by atoms with E-state index in [1.807, 2.05) is 13.0 Å². The number of benzene rings is 2. The fourth-order valence-electron chi connectivity index (χ4n) is 3.31. The number of aromatic amines is 1. The molecule has 0 aliphatic heterocycles. The van der Waals surface area contributed by atoms with Crippen LogP contribution in [-0.2, 0) is 28.6 Å². The van der Waals surface area contributed by atoms with Crippen LogP contribution in [0.5, 0.6) is 0 Å². The molecular weight excluding hydrogens is 541 g/mol. The lowest BCUT2D eigenvalue weighted by Gasteiger charge is -2.14. The molecule has 0 saturated carbocycles. The zero-order valence-corrected chi connectivity index (χ0v) is 20.0. The number of H-pyrrole nitrogens is 1. The number of nitrogens with two attached hydrogens (primary N) is 1. The minimum absolute atomic E-state index is 0.0466. The van der Waals surface area contributed by atoms with E-state index in [4.69, 9.17) is 15.6 Å². The van der Waals surface area contributed by atoms with Gasteiger partial charge in [0.05, 0.1) is 23.9 Å².